The smallest absolute Gasteiger partial charge is 0.161 e. The quantitative estimate of drug-likeness (QED) is 0.183. The molecule has 0 aliphatic carbocycles. The van der Waals surface area contributed by atoms with Gasteiger partial charge >= 0.3 is 0 Å². The minimum Gasteiger partial charge on any atom is -0.456 e. The first-order chi connectivity index (χ1) is 25.8. The average Bonchev–Trinajstić information content (AvgIpc) is 3.88. The van der Waals surface area contributed by atoms with Crippen LogP contribution in [0.2, 0.25) is 0 Å². The van der Waals surface area contributed by atoms with E-state index >= 15 is 0 Å². The molecule has 4 nitrogen and oxygen atoms in total. The molecule has 52 heavy (non-hydrogen) atoms. The molecular weight excluding hydrogens is 637 g/mol. The number of hydrogen-bond acceptors (Lipinski definition) is 3. The number of hydrogen-bond donors (Lipinski definition) is 0. The number of rotatable bonds is 5. The summed E-state index contributed by atoms with van der Waals surface area (Å²) in [4.78, 5) is 2.31. The molecule has 11 rings (SSSR count). The van der Waals surface area contributed by atoms with E-state index in [9.17, 15) is 0 Å². The van der Waals surface area contributed by atoms with E-state index < -0.39 is 0 Å². The normalized spacial score (nSPS) is 11.8. The van der Waals surface area contributed by atoms with Crippen LogP contribution in [0.4, 0.5) is 17.1 Å². The molecule has 0 N–H and O–H groups in total. The summed E-state index contributed by atoms with van der Waals surface area (Å²) in [5.41, 5.74) is 12.1. The number of furan rings is 2. The van der Waals surface area contributed by atoms with Gasteiger partial charge in [0.25, 0.3) is 0 Å². The second-order valence-electron chi connectivity index (χ2n) is 13.3. The van der Waals surface area contributed by atoms with Crippen molar-refractivity contribution in [3.05, 3.63) is 182 Å². The van der Waals surface area contributed by atoms with Crippen LogP contribution in [-0.2, 0) is 0 Å². The summed E-state index contributed by atoms with van der Waals surface area (Å²) in [6.45, 7) is 0. The SMILES string of the molecule is c1ccc(-n2c3ccccc3c3oc4c(N(c5ccc(-c6cccc7ccccc67)cc5)c5ccc6oc7ccccc7c6c5)cccc4c32)cc1. The van der Waals surface area contributed by atoms with Crippen molar-refractivity contribution >= 4 is 82.7 Å². The van der Waals surface area contributed by atoms with E-state index in [0.717, 1.165) is 77.7 Å². The van der Waals surface area contributed by atoms with Crippen LogP contribution in [0.25, 0.3) is 82.5 Å². The molecule has 0 bridgehead atoms. The third-order valence-corrected chi connectivity index (χ3v) is 10.4. The molecule has 0 aliphatic rings. The predicted molar refractivity (Wildman–Crippen MR) is 215 cm³/mol. The first-order valence-electron chi connectivity index (χ1n) is 17.6. The fourth-order valence-corrected chi connectivity index (χ4v) is 8.05. The van der Waals surface area contributed by atoms with Gasteiger partial charge in [-0.25, -0.2) is 0 Å². The predicted octanol–water partition coefficient (Wildman–Crippen LogP) is 13.7. The molecule has 244 valence electrons. The molecule has 8 aromatic carbocycles. The zero-order valence-corrected chi connectivity index (χ0v) is 28.0. The Hall–Kier alpha value is -7.04. The highest BCUT2D eigenvalue weighted by atomic mass is 16.3. The Kier molecular flexibility index (Phi) is 6.22. The van der Waals surface area contributed by atoms with Crippen molar-refractivity contribution < 1.29 is 8.83 Å². The van der Waals surface area contributed by atoms with E-state index in [-0.39, 0.29) is 0 Å². The molecule has 0 atom stereocenters. The lowest BCUT2D eigenvalue weighted by Crippen LogP contribution is -2.10. The van der Waals surface area contributed by atoms with Crippen LogP contribution in [0, 0.1) is 0 Å². The third kappa shape index (κ3) is 4.28. The maximum Gasteiger partial charge on any atom is 0.161 e. The second-order valence-corrected chi connectivity index (χ2v) is 13.3. The van der Waals surface area contributed by atoms with Crippen molar-refractivity contribution in [3.63, 3.8) is 0 Å². The van der Waals surface area contributed by atoms with Gasteiger partial charge in [0.1, 0.15) is 16.7 Å². The number of para-hydroxylation sites is 4. The van der Waals surface area contributed by atoms with Gasteiger partial charge in [-0.15, -0.1) is 0 Å². The van der Waals surface area contributed by atoms with Gasteiger partial charge in [0, 0.05) is 38.6 Å². The van der Waals surface area contributed by atoms with Gasteiger partial charge in [-0.05, 0) is 94.7 Å². The summed E-state index contributed by atoms with van der Waals surface area (Å²) in [7, 11) is 0. The van der Waals surface area contributed by atoms with E-state index in [1.54, 1.807) is 0 Å². The van der Waals surface area contributed by atoms with Gasteiger partial charge < -0.3 is 18.3 Å². The number of fused-ring (bicyclic) bond motifs is 9. The lowest BCUT2D eigenvalue weighted by molar-refractivity contribution is 0.669. The number of anilines is 3. The van der Waals surface area contributed by atoms with Crippen molar-refractivity contribution in [1.29, 1.82) is 0 Å². The van der Waals surface area contributed by atoms with Crippen molar-refractivity contribution in [3.8, 4) is 16.8 Å². The van der Waals surface area contributed by atoms with E-state index in [2.05, 4.69) is 179 Å². The van der Waals surface area contributed by atoms with Gasteiger partial charge in [-0.1, -0.05) is 109 Å². The van der Waals surface area contributed by atoms with Crippen LogP contribution in [0.5, 0.6) is 0 Å². The monoisotopic (exact) mass is 666 g/mol. The van der Waals surface area contributed by atoms with Crippen molar-refractivity contribution in [2.75, 3.05) is 4.90 Å². The fraction of sp³-hybridized carbons (Fsp3) is 0. The van der Waals surface area contributed by atoms with Gasteiger partial charge in [0.05, 0.1) is 11.2 Å². The van der Waals surface area contributed by atoms with Gasteiger partial charge in [-0.3, -0.25) is 0 Å². The summed E-state index contributed by atoms with van der Waals surface area (Å²) in [5, 5.41) is 6.78. The maximum atomic E-state index is 7.03. The average molecular weight is 667 g/mol. The van der Waals surface area contributed by atoms with E-state index in [4.69, 9.17) is 8.83 Å². The molecule has 3 heterocycles. The molecule has 11 aromatic rings. The van der Waals surface area contributed by atoms with E-state index in [1.165, 1.54) is 21.9 Å². The molecular formula is C48H30N2O2. The lowest BCUT2D eigenvalue weighted by Gasteiger charge is -2.26. The Bertz CT molecular complexity index is 3120. The summed E-state index contributed by atoms with van der Waals surface area (Å²) in [6.07, 6.45) is 0. The van der Waals surface area contributed by atoms with Crippen molar-refractivity contribution in [2.45, 2.75) is 0 Å². The zero-order valence-electron chi connectivity index (χ0n) is 28.0. The van der Waals surface area contributed by atoms with E-state index in [1.807, 2.05) is 12.1 Å². The third-order valence-electron chi connectivity index (χ3n) is 10.4. The van der Waals surface area contributed by atoms with Crippen LogP contribution in [0.15, 0.2) is 191 Å². The number of nitrogens with zero attached hydrogens (tertiary/aromatic N) is 2. The molecule has 0 amide bonds. The fourth-order valence-electron chi connectivity index (χ4n) is 8.05. The highest BCUT2D eigenvalue weighted by Gasteiger charge is 2.24. The lowest BCUT2D eigenvalue weighted by atomic mass is 9.98. The highest BCUT2D eigenvalue weighted by Crippen LogP contribution is 2.46. The summed E-state index contributed by atoms with van der Waals surface area (Å²) in [5.74, 6) is 0. The molecule has 0 unspecified atom stereocenters. The minimum atomic E-state index is 0.832. The zero-order chi connectivity index (χ0) is 34.2. The van der Waals surface area contributed by atoms with Crippen molar-refractivity contribution in [1.82, 2.24) is 4.57 Å². The first kappa shape index (κ1) is 28.8. The van der Waals surface area contributed by atoms with Crippen LogP contribution in [-0.4, -0.2) is 4.57 Å². The van der Waals surface area contributed by atoms with Gasteiger partial charge in [0.15, 0.2) is 11.2 Å². The minimum absolute atomic E-state index is 0.832. The Morgan fingerprint density at radius 2 is 1.10 bits per heavy atom. The van der Waals surface area contributed by atoms with Crippen molar-refractivity contribution in [2.24, 2.45) is 0 Å². The highest BCUT2D eigenvalue weighted by molar-refractivity contribution is 6.19. The second kappa shape index (κ2) is 11.2. The molecule has 0 saturated carbocycles. The molecule has 0 radical (unpaired) electrons. The Labute approximate surface area is 299 Å². The molecule has 0 spiro atoms. The Morgan fingerprint density at radius 1 is 0.423 bits per heavy atom. The molecule has 4 heteroatoms. The van der Waals surface area contributed by atoms with Crippen LogP contribution < -0.4 is 4.90 Å². The number of aromatic nitrogens is 1. The van der Waals surface area contributed by atoms with Crippen LogP contribution in [0.3, 0.4) is 0 Å². The molecule has 0 aliphatic heterocycles. The largest absolute Gasteiger partial charge is 0.456 e. The Morgan fingerprint density at radius 3 is 1.98 bits per heavy atom. The molecule has 0 saturated heterocycles. The van der Waals surface area contributed by atoms with Gasteiger partial charge in [-0.2, -0.15) is 0 Å². The van der Waals surface area contributed by atoms with Gasteiger partial charge in [0.2, 0.25) is 0 Å². The molecule has 0 fully saturated rings. The van der Waals surface area contributed by atoms with Crippen LogP contribution >= 0.6 is 0 Å². The summed E-state index contributed by atoms with van der Waals surface area (Å²) in [6, 6.07) is 64.2. The molecule has 3 aromatic heterocycles. The summed E-state index contributed by atoms with van der Waals surface area (Å²) < 4.78 is 15.6. The number of benzene rings is 8. The van der Waals surface area contributed by atoms with Crippen LogP contribution in [0.1, 0.15) is 0 Å². The first-order valence-corrected chi connectivity index (χ1v) is 17.6. The topological polar surface area (TPSA) is 34.5 Å². The Balaban J connectivity index is 1.16. The standard InChI is InChI=1S/C48H30N2O2/c1-2-14-33(15-3-1)50-42-21-8-6-18-39(42)48-46(50)40-20-11-22-43(47(40)52-48)49(35-28-29-45-41(30-35)38-17-7-9-23-44(38)51-45)34-26-24-32(25-27-34)37-19-10-13-31-12-4-5-16-36(31)37/h1-30H. The van der Waals surface area contributed by atoms with E-state index in [0.29, 0.717) is 0 Å². The summed E-state index contributed by atoms with van der Waals surface area (Å²) >= 11 is 0. The maximum absolute atomic E-state index is 7.03.